The molecule has 0 fully saturated rings. The van der Waals surface area contributed by atoms with E-state index in [1.165, 1.54) is 12.1 Å². The highest BCUT2D eigenvalue weighted by atomic mass is 32.2. The SMILES string of the molecule is COc1ncc2nc(C)n(Cc3ccc(S(N)(=O)=O)cc3)c2c1-c1ccccc1. The van der Waals surface area contributed by atoms with Crippen molar-refractivity contribution in [2.45, 2.75) is 18.4 Å². The van der Waals surface area contributed by atoms with Crippen molar-refractivity contribution in [2.24, 2.45) is 5.14 Å². The van der Waals surface area contributed by atoms with Crippen molar-refractivity contribution in [1.82, 2.24) is 14.5 Å². The third kappa shape index (κ3) is 3.59. The standard InChI is InChI=1S/C21H20N4O3S/c1-14-24-18-12-23-21(28-2)19(16-6-4-3-5-7-16)20(18)25(14)13-15-8-10-17(11-9-15)29(22,26)27/h3-12H,13H2,1-2H3,(H2,22,26,27). The van der Waals surface area contributed by atoms with Crippen LogP contribution in [0.2, 0.25) is 0 Å². The molecule has 7 nitrogen and oxygen atoms in total. The first-order valence-electron chi connectivity index (χ1n) is 8.95. The number of methoxy groups -OCH3 is 1. The molecule has 0 atom stereocenters. The molecular weight excluding hydrogens is 388 g/mol. The lowest BCUT2D eigenvalue weighted by Gasteiger charge is -2.13. The highest BCUT2D eigenvalue weighted by Crippen LogP contribution is 2.36. The van der Waals surface area contributed by atoms with Crippen LogP contribution in [0.25, 0.3) is 22.2 Å². The minimum atomic E-state index is -3.72. The quantitative estimate of drug-likeness (QED) is 0.547. The summed E-state index contributed by atoms with van der Waals surface area (Å²) in [7, 11) is -2.12. The number of hydrogen-bond acceptors (Lipinski definition) is 5. The largest absolute Gasteiger partial charge is 0.480 e. The van der Waals surface area contributed by atoms with Crippen LogP contribution in [0.15, 0.2) is 65.7 Å². The zero-order chi connectivity index (χ0) is 20.6. The molecule has 2 heterocycles. The molecule has 2 aromatic heterocycles. The Morgan fingerprint density at radius 3 is 2.38 bits per heavy atom. The van der Waals surface area contributed by atoms with E-state index in [9.17, 15) is 8.42 Å². The van der Waals surface area contributed by atoms with Gasteiger partial charge in [-0.25, -0.2) is 23.5 Å². The normalized spacial score (nSPS) is 11.7. The summed E-state index contributed by atoms with van der Waals surface area (Å²) in [5.74, 6) is 1.34. The maximum Gasteiger partial charge on any atom is 0.238 e. The van der Waals surface area contributed by atoms with E-state index in [1.807, 2.05) is 37.3 Å². The number of benzene rings is 2. The summed E-state index contributed by atoms with van der Waals surface area (Å²) in [6.45, 7) is 2.44. The van der Waals surface area contributed by atoms with Gasteiger partial charge in [-0.3, -0.25) is 0 Å². The molecule has 148 valence electrons. The van der Waals surface area contributed by atoms with E-state index in [2.05, 4.69) is 14.5 Å². The molecule has 0 aliphatic heterocycles. The number of nitrogens with two attached hydrogens (primary N) is 1. The second-order valence-corrected chi connectivity index (χ2v) is 8.24. The molecule has 0 radical (unpaired) electrons. The number of rotatable bonds is 5. The van der Waals surface area contributed by atoms with E-state index in [1.54, 1.807) is 25.4 Å². The topological polar surface area (TPSA) is 100 Å². The smallest absolute Gasteiger partial charge is 0.238 e. The van der Waals surface area contributed by atoms with Gasteiger partial charge in [0.25, 0.3) is 0 Å². The highest BCUT2D eigenvalue weighted by molar-refractivity contribution is 7.89. The average Bonchev–Trinajstić information content (AvgIpc) is 3.03. The molecule has 0 amide bonds. The Kier molecular flexibility index (Phi) is 4.81. The van der Waals surface area contributed by atoms with Crippen molar-refractivity contribution in [3.63, 3.8) is 0 Å². The van der Waals surface area contributed by atoms with Gasteiger partial charge in [0.1, 0.15) is 11.3 Å². The molecule has 0 saturated carbocycles. The number of imidazole rings is 1. The Bertz CT molecular complexity index is 1280. The molecule has 29 heavy (non-hydrogen) atoms. The molecule has 0 aliphatic rings. The Labute approximate surface area is 168 Å². The lowest BCUT2D eigenvalue weighted by molar-refractivity contribution is 0.400. The Morgan fingerprint density at radius 2 is 1.76 bits per heavy atom. The van der Waals surface area contributed by atoms with Crippen LogP contribution in [0.1, 0.15) is 11.4 Å². The van der Waals surface area contributed by atoms with Crippen LogP contribution in [-0.4, -0.2) is 30.1 Å². The molecular formula is C21H20N4O3S. The molecule has 0 saturated heterocycles. The van der Waals surface area contributed by atoms with Gasteiger partial charge >= 0.3 is 0 Å². The molecule has 0 bridgehead atoms. The molecule has 4 rings (SSSR count). The van der Waals surface area contributed by atoms with E-state index in [-0.39, 0.29) is 4.90 Å². The number of sulfonamides is 1. The molecule has 8 heteroatoms. The van der Waals surface area contributed by atoms with Crippen LogP contribution < -0.4 is 9.88 Å². The Hall–Kier alpha value is -3.23. The summed E-state index contributed by atoms with van der Waals surface area (Å²) in [5.41, 5.74) is 4.45. The van der Waals surface area contributed by atoms with Gasteiger partial charge in [-0.05, 0) is 30.2 Å². The summed E-state index contributed by atoms with van der Waals surface area (Å²) >= 11 is 0. The first-order valence-corrected chi connectivity index (χ1v) is 10.5. The van der Waals surface area contributed by atoms with Crippen LogP contribution in [0.5, 0.6) is 5.88 Å². The number of hydrogen-bond donors (Lipinski definition) is 1. The Balaban J connectivity index is 1.88. The Morgan fingerprint density at radius 1 is 1.07 bits per heavy atom. The maximum absolute atomic E-state index is 11.5. The third-order valence-corrected chi connectivity index (χ3v) is 5.72. The first kappa shape index (κ1) is 19.1. The molecule has 2 N–H and O–H groups in total. The van der Waals surface area contributed by atoms with Gasteiger partial charge in [0.15, 0.2) is 0 Å². The molecule has 0 unspecified atom stereocenters. The van der Waals surface area contributed by atoms with E-state index in [4.69, 9.17) is 9.88 Å². The summed E-state index contributed by atoms with van der Waals surface area (Å²) in [6.07, 6.45) is 1.70. The highest BCUT2D eigenvalue weighted by Gasteiger charge is 2.19. The van der Waals surface area contributed by atoms with Gasteiger partial charge in [-0.1, -0.05) is 42.5 Å². The fourth-order valence-electron chi connectivity index (χ4n) is 3.41. The van der Waals surface area contributed by atoms with Crippen LogP contribution in [0.4, 0.5) is 0 Å². The number of fused-ring (bicyclic) bond motifs is 1. The van der Waals surface area contributed by atoms with Gasteiger partial charge in [0.05, 0.1) is 29.3 Å². The fraction of sp³-hybridized carbons (Fsp3) is 0.143. The summed E-state index contributed by atoms with van der Waals surface area (Å²) in [5, 5.41) is 5.19. The predicted molar refractivity (Wildman–Crippen MR) is 111 cm³/mol. The average molecular weight is 408 g/mol. The number of primary sulfonamides is 1. The van der Waals surface area contributed by atoms with Gasteiger partial charge < -0.3 is 9.30 Å². The minimum absolute atomic E-state index is 0.0873. The van der Waals surface area contributed by atoms with E-state index in [0.717, 1.165) is 33.5 Å². The van der Waals surface area contributed by atoms with Crippen molar-refractivity contribution in [1.29, 1.82) is 0 Å². The number of ether oxygens (including phenoxy) is 1. The fourth-order valence-corrected chi connectivity index (χ4v) is 3.92. The van der Waals surface area contributed by atoms with Crippen LogP contribution in [-0.2, 0) is 16.6 Å². The van der Waals surface area contributed by atoms with Crippen molar-refractivity contribution < 1.29 is 13.2 Å². The number of aromatic nitrogens is 3. The van der Waals surface area contributed by atoms with Gasteiger partial charge in [-0.2, -0.15) is 0 Å². The predicted octanol–water partition coefficient (Wildman–Crippen LogP) is 3.11. The van der Waals surface area contributed by atoms with E-state index in [0.29, 0.717) is 12.4 Å². The number of nitrogens with zero attached hydrogens (tertiary/aromatic N) is 3. The van der Waals surface area contributed by atoms with Crippen molar-refractivity contribution in [3.8, 4) is 17.0 Å². The van der Waals surface area contributed by atoms with Gasteiger partial charge in [0, 0.05) is 6.54 Å². The summed E-state index contributed by atoms with van der Waals surface area (Å²) in [6, 6.07) is 16.4. The zero-order valence-corrected chi connectivity index (χ0v) is 16.8. The lowest BCUT2D eigenvalue weighted by atomic mass is 10.1. The van der Waals surface area contributed by atoms with Crippen LogP contribution in [0.3, 0.4) is 0 Å². The number of pyridine rings is 1. The third-order valence-electron chi connectivity index (χ3n) is 4.79. The lowest BCUT2D eigenvalue weighted by Crippen LogP contribution is -2.12. The molecule has 2 aromatic carbocycles. The number of aryl methyl sites for hydroxylation is 1. The second kappa shape index (κ2) is 7.31. The maximum atomic E-state index is 11.5. The first-order chi connectivity index (χ1) is 13.9. The van der Waals surface area contributed by atoms with Crippen LogP contribution in [0, 0.1) is 6.92 Å². The van der Waals surface area contributed by atoms with E-state index >= 15 is 0 Å². The summed E-state index contributed by atoms with van der Waals surface area (Å²) in [4.78, 5) is 9.17. The summed E-state index contributed by atoms with van der Waals surface area (Å²) < 4.78 is 30.6. The van der Waals surface area contributed by atoms with E-state index < -0.39 is 10.0 Å². The van der Waals surface area contributed by atoms with Crippen molar-refractivity contribution >= 4 is 21.1 Å². The van der Waals surface area contributed by atoms with Crippen LogP contribution >= 0.6 is 0 Å². The minimum Gasteiger partial charge on any atom is -0.480 e. The molecule has 4 aromatic rings. The van der Waals surface area contributed by atoms with Gasteiger partial charge in [-0.15, -0.1) is 0 Å². The second-order valence-electron chi connectivity index (χ2n) is 6.68. The van der Waals surface area contributed by atoms with Crippen molar-refractivity contribution in [3.05, 3.63) is 72.2 Å². The van der Waals surface area contributed by atoms with Gasteiger partial charge in [0.2, 0.25) is 15.9 Å². The van der Waals surface area contributed by atoms with Crippen molar-refractivity contribution in [2.75, 3.05) is 7.11 Å². The monoisotopic (exact) mass is 408 g/mol. The molecule has 0 aliphatic carbocycles. The molecule has 0 spiro atoms. The zero-order valence-electron chi connectivity index (χ0n) is 16.0.